The second-order valence-corrected chi connectivity index (χ2v) is 16.4. The minimum atomic E-state index is -0.648. The Bertz CT molecular complexity index is 1750. The molecule has 55 heavy (non-hydrogen) atoms. The predicted molar refractivity (Wildman–Crippen MR) is 237 cm³/mol. The molecule has 0 aromatic heterocycles. The van der Waals surface area contributed by atoms with Crippen molar-refractivity contribution in [2.45, 2.75) is 73.7 Å². The first-order valence-electron chi connectivity index (χ1n) is 20.1. The number of hydrogen-bond donors (Lipinski definition) is 2. The molecule has 0 atom stereocenters. The van der Waals surface area contributed by atoms with Gasteiger partial charge >= 0.3 is 0 Å². The molecule has 0 amide bonds. The highest BCUT2D eigenvalue weighted by Gasteiger charge is 2.44. The second kappa shape index (κ2) is 21.3. The normalized spacial score (nSPS) is 11.8. The molecule has 0 heterocycles. The van der Waals surface area contributed by atoms with Crippen molar-refractivity contribution >= 4 is 24.1 Å². The molecule has 0 saturated heterocycles. The minimum absolute atomic E-state index is 0.648. The molecule has 0 unspecified atom stereocenters. The molecule has 0 spiro atoms. The molecule has 6 aromatic carbocycles. The molecule has 284 valence electrons. The van der Waals surface area contributed by atoms with Crippen LogP contribution >= 0.6 is 24.1 Å². The Labute approximate surface area is 338 Å². The van der Waals surface area contributed by atoms with Crippen LogP contribution in [0.3, 0.4) is 0 Å². The number of hydrogen-bond acceptors (Lipinski definition) is 5. The van der Waals surface area contributed by atoms with E-state index in [2.05, 4.69) is 170 Å². The van der Waals surface area contributed by atoms with E-state index in [4.69, 9.17) is 15.1 Å². The summed E-state index contributed by atoms with van der Waals surface area (Å²) >= 11 is 3.14. The van der Waals surface area contributed by atoms with Crippen LogP contribution in [0.1, 0.15) is 95.9 Å². The Morgan fingerprint density at radius 2 is 0.636 bits per heavy atom. The van der Waals surface area contributed by atoms with Crippen LogP contribution < -0.4 is 11.5 Å². The van der Waals surface area contributed by atoms with Crippen molar-refractivity contribution in [3.05, 3.63) is 214 Å². The second-order valence-electron chi connectivity index (χ2n) is 14.3. The third-order valence-corrected chi connectivity index (χ3v) is 13.1. The lowest BCUT2D eigenvalue weighted by molar-refractivity contribution is 0.640. The number of nitrogens with two attached hydrogens (primary N) is 2. The molecular weight excluding hydrogens is 709 g/mol. The highest BCUT2D eigenvalue weighted by atomic mass is 32.2. The lowest BCUT2D eigenvalue weighted by atomic mass is 9.81. The zero-order valence-corrected chi connectivity index (χ0v) is 33.7. The monoisotopic (exact) mass is 764 g/mol. The van der Waals surface area contributed by atoms with Gasteiger partial charge in [0.15, 0.2) is 0 Å². The molecule has 6 rings (SSSR count). The van der Waals surface area contributed by atoms with E-state index in [0.717, 1.165) is 77.3 Å². The van der Waals surface area contributed by atoms with E-state index in [0.29, 0.717) is 0 Å². The molecule has 0 bridgehead atoms. The Kier molecular flexibility index (Phi) is 15.7. The van der Waals surface area contributed by atoms with Gasteiger partial charge in [-0.15, -0.1) is 0 Å². The molecule has 6 aromatic rings. The standard InChI is InChI=1S/C50H56N2OS2/c51-39-23-3-1-9-25-41-27-19-21-37-47(41)49(43-29-11-5-12-30-43,44-31-13-6-14-32-44)54-53-55-50(45-33-15-7-16-34-45,46-35-17-8-18-36-46)48-38-22-20-28-42(48)26-10-2-4-24-40-52/h5-8,11-22,27-38H,1-4,9-10,23-26,39-40,51-52H2. The summed E-state index contributed by atoms with van der Waals surface area (Å²) in [7, 11) is 0. The smallest absolute Gasteiger partial charge is 0.118 e. The van der Waals surface area contributed by atoms with Gasteiger partial charge in [0.25, 0.3) is 0 Å². The van der Waals surface area contributed by atoms with Crippen LogP contribution in [0.15, 0.2) is 170 Å². The summed E-state index contributed by atoms with van der Waals surface area (Å²) in [6.07, 6.45) is 11.0. The molecule has 0 saturated carbocycles. The van der Waals surface area contributed by atoms with Gasteiger partial charge < -0.3 is 11.5 Å². The average Bonchev–Trinajstić information content (AvgIpc) is 3.25. The first-order valence-corrected chi connectivity index (χ1v) is 21.5. The summed E-state index contributed by atoms with van der Waals surface area (Å²) in [6, 6.07) is 61.7. The van der Waals surface area contributed by atoms with Crippen molar-refractivity contribution in [3.63, 3.8) is 0 Å². The molecule has 0 aliphatic heterocycles. The van der Waals surface area contributed by atoms with Crippen molar-refractivity contribution < 1.29 is 3.63 Å². The number of rotatable bonds is 22. The van der Waals surface area contributed by atoms with Crippen LogP contribution in [0.2, 0.25) is 0 Å². The Morgan fingerprint density at radius 1 is 0.345 bits per heavy atom. The molecule has 0 radical (unpaired) electrons. The fourth-order valence-electron chi connectivity index (χ4n) is 7.84. The largest absolute Gasteiger partial charge is 0.330 e. The van der Waals surface area contributed by atoms with Gasteiger partial charge in [-0.2, -0.15) is 0 Å². The minimum Gasteiger partial charge on any atom is -0.330 e. The maximum absolute atomic E-state index is 7.32. The van der Waals surface area contributed by atoms with Gasteiger partial charge in [-0.05, 0) is 96.1 Å². The summed E-state index contributed by atoms with van der Waals surface area (Å²) < 4.78 is 6.03. The van der Waals surface area contributed by atoms with Crippen molar-refractivity contribution in [3.8, 4) is 0 Å². The van der Waals surface area contributed by atoms with Crippen LogP contribution in [-0.4, -0.2) is 13.1 Å². The van der Waals surface area contributed by atoms with Gasteiger partial charge in [-0.25, -0.2) is 3.63 Å². The van der Waals surface area contributed by atoms with E-state index in [-0.39, 0.29) is 0 Å². The van der Waals surface area contributed by atoms with Crippen molar-refractivity contribution in [1.29, 1.82) is 0 Å². The number of unbranched alkanes of at least 4 members (excludes halogenated alkanes) is 6. The van der Waals surface area contributed by atoms with E-state index in [1.165, 1.54) is 44.5 Å². The van der Waals surface area contributed by atoms with Crippen molar-refractivity contribution in [2.24, 2.45) is 11.5 Å². The topological polar surface area (TPSA) is 61.3 Å². The Balaban J connectivity index is 1.48. The van der Waals surface area contributed by atoms with E-state index in [1.807, 2.05) is 0 Å². The van der Waals surface area contributed by atoms with Gasteiger partial charge in [0.1, 0.15) is 9.49 Å². The van der Waals surface area contributed by atoms with Gasteiger partial charge in [0.2, 0.25) is 0 Å². The fraction of sp³-hybridized carbons (Fsp3) is 0.280. The van der Waals surface area contributed by atoms with Gasteiger partial charge in [0.05, 0.1) is 0 Å². The van der Waals surface area contributed by atoms with E-state index < -0.39 is 9.49 Å². The van der Waals surface area contributed by atoms with E-state index in [1.54, 1.807) is 24.1 Å². The van der Waals surface area contributed by atoms with Crippen LogP contribution in [-0.2, 0) is 26.0 Å². The molecule has 0 aliphatic carbocycles. The Hall–Kier alpha value is -4.10. The van der Waals surface area contributed by atoms with Crippen molar-refractivity contribution in [1.82, 2.24) is 0 Å². The van der Waals surface area contributed by atoms with Gasteiger partial charge in [-0.3, -0.25) is 0 Å². The molecule has 0 fully saturated rings. The average molecular weight is 765 g/mol. The van der Waals surface area contributed by atoms with Crippen LogP contribution in [0.25, 0.3) is 0 Å². The number of benzene rings is 6. The summed E-state index contributed by atoms with van der Waals surface area (Å²) in [5, 5.41) is 0. The fourth-order valence-corrected chi connectivity index (χ4v) is 10.3. The summed E-state index contributed by atoms with van der Waals surface area (Å²) in [6.45, 7) is 1.50. The zero-order chi connectivity index (χ0) is 38.0. The molecular formula is C50H56N2OS2. The van der Waals surface area contributed by atoms with Gasteiger partial charge in [-0.1, -0.05) is 196 Å². The van der Waals surface area contributed by atoms with Crippen molar-refractivity contribution in [2.75, 3.05) is 13.1 Å². The lowest BCUT2D eigenvalue weighted by Crippen LogP contribution is -2.29. The summed E-state index contributed by atoms with van der Waals surface area (Å²) in [5.41, 5.74) is 21.7. The summed E-state index contributed by atoms with van der Waals surface area (Å²) in [4.78, 5) is 0. The Morgan fingerprint density at radius 3 is 0.964 bits per heavy atom. The van der Waals surface area contributed by atoms with Gasteiger partial charge in [0, 0.05) is 24.1 Å². The molecule has 0 aliphatic rings. The third-order valence-electron chi connectivity index (χ3n) is 10.6. The lowest BCUT2D eigenvalue weighted by Gasteiger charge is -2.39. The third kappa shape index (κ3) is 9.83. The quantitative estimate of drug-likeness (QED) is 0.0409. The highest BCUT2D eigenvalue weighted by Crippen LogP contribution is 2.57. The first-order chi connectivity index (χ1) is 27.2. The molecule has 3 nitrogen and oxygen atoms in total. The van der Waals surface area contributed by atoms with Crippen LogP contribution in [0.4, 0.5) is 0 Å². The zero-order valence-electron chi connectivity index (χ0n) is 32.0. The van der Waals surface area contributed by atoms with Crippen LogP contribution in [0, 0.1) is 0 Å². The maximum atomic E-state index is 7.32. The SMILES string of the molecule is NCCCCCCc1ccccc1C(SOSC(c1ccccc1)(c1ccccc1)c1ccccc1CCCCCCN)(c1ccccc1)c1ccccc1. The summed E-state index contributed by atoms with van der Waals surface area (Å²) in [5.74, 6) is 0. The van der Waals surface area contributed by atoms with E-state index in [9.17, 15) is 0 Å². The molecule has 4 N–H and O–H groups in total. The van der Waals surface area contributed by atoms with Crippen LogP contribution in [0.5, 0.6) is 0 Å². The highest BCUT2D eigenvalue weighted by molar-refractivity contribution is 8.09. The predicted octanol–water partition coefficient (Wildman–Crippen LogP) is 12.4. The first kappa shape index (κ1) is 40.6. The van der Waals surface area contributed by atoms with E-state index >= 15 is 0 Å². The maximum Gasteiger partial charge on any atom is 0.118 e. The number of aryl methyl sites for hydroxylation is 2. The molecule has 5 heteroatoms.